The molecule has 1 amide bonds. The molecular formula is C24H27NO3. The topological polar surface area (TPSA) is 46.6 Å². The number of hydrogen-bond donors (Lipinski definition) is 0. The minimum Gasteiger partial charge on any atom is -0.448 e. The average Bonchev–Trinajstić information content (AvgIpc) is 2.99. The summed E-state index contributed by atoms with van der Waals surface area (Å²) in [6.45, 7) is 6.93. The molecule has 0 radical (unpaired) electrons. The third-order valence-electron chi connectivity index (χ3n) is 7.15. The predicted molar refractivity (Wildman–Crippen MR) is 107 cm³/mol. The number of esters is 1. The van der Waals surface area contributed by atoms with E-state index in [1.807, 2.05) is 86.3 Å². The number of ether oxygens (including phenoxy) is 1. The van der Waals surface area contributed by atoms with E-state index in [2.05, 4.69) is 0 Å². The molecule has 2 fully saturated rings. The van der Waals surface area contributed by atoms with Crippen molar-refractivity contribution >= 4 is 11.9 Å². The SMILES string of the molecule is CC1(C)[C@@]2(C)CC[C@@]1(C(=O)N(Cc1ccccc1)Cc1ccccc1)OC2=O. The fourth-order valence-corrected chi connectivity index (χ4v) is 4.78. The molecule has 0 spiro atoms. The van der Waals surface area contributed by atoms with Crippen LogP contribution in [0.5, 0.6) is 0 Å². The third kappa shape index (κ3) is 2.58. The first-order valence-electron chi connectivity index (χ1n) is 9.91. The number of carbonyl (C=O) groups excluding carboxylic acids is 2. The van der Waals surface area contributed by atoms with Gasteiger partial charge in [0, 0.05) is 18.5 Å². The Kier molecular flexibility index (Phi) is 4.33. The largest absolute Gasteiger partial charge is 0.448 e. The third-order valence-corrected chi connectivity index (χ3v) is 7.15. The van der Waals surface area contributed by atoms with Gasteiger partial charge in [0.1, 0.15) is 0 Å². The lowest BCUT2D eigenvalue weighted by Crippen LogP contribution is -2.54. The summed E-state index contributed by atoms with van der Waals surface area (Å²) in [5.41, 5.74) is -0.104. The molecule has 1 saturated heterocycles. The molecule has 1 saturated carbocycles. The Balaban J connectivity index is 1.70. The second-order valence-electron chi connectivity index (χ2n) is 8.81. The Bertz CT molecular complexity index is 851. The summed E-state index contributed by atoms with van der Waals surface area (Å²) in [6, 6.07) is 19.9. The molecule has 2 atom stereocenters. The summed E-state index contributed by atoms with van der Waals surface area (Å²) in [4.78, 5) is 28.4. The Labute approximate surface area is 166 Å². The Morgan fingerprint density at radius 2 is 1.39 bits per heavy atom. The first-order valence-corrected chi connectivity index (χ1v) is 9.91. The van der Waals surface area contributed by atoms with Crippen molar-refractivity contribution in [3.05, 3.63) is 71.8 Å². The van der Waals surface area contributed by atoms with Gasteiger partial charge in [-0.1, -0.05) is 74.5 Å². The fraction of sp³-hybridized carbons (Fsp3) is 0.417. The van der Waals surface area contributed by atoms with E-state index in [1.54, 1.807) is 0 Å². The van der Waals surface area contributed by atoms with Gasteiger partial charge in [-0.2, -0.15) is 0 Å². The molecule has 0 N–H and O–H groups in total. The van der Waals surface area contributed by atoms with Crippen LogP contribution in [0.4, 0.5) is 0 Å². The number of fused-ring (bicyclic) bond motifs is 2. The molecule has 1 aliphatic carbocycles. The maximum Gasteiger partial charge on any atom is 0.313 e. The summed E-state index contributed by atoms with van der Waals surface area (Å²) in [6.07, 6.45) is 1.27. The van der Waals surface area contributed by atoms with Crippen LogP contribution in [0.15, 0.2) is 60.7 Å². The molecule has 2 aliphatic rings. The molecule has 0 unspecified atom stereocenters. The van der Waals surface area contributed by atoms with Crippen molar-refractivity contribution in [1.82, 2.24) is 4.90 Å². The standard InChI is InChI=1S/C24H27NO3/c1-22(2)23(3)14-15-24(22,28-21(23)27)20(26)25(16-18-10-6-4-7-11-18)17-19-12-8-5-9-13-19/h4-13H,14-17H2,1-3H3/t23-,24-/m0/s1. The number of rotatable bonds is 5. The zero-order chi connectivity index (χ0) is 20.0. The molecule has 28 heavy (non-hydrogen) atoms. The van der Waals surface area contributed by atoms with E-state index >= 15 is 0 Å². The van der Waals surface area contributed by atoms with E-state index in [0.717, 1.165) is 11.1 Å². The molecule has 2 aromatic rings. The van der Waals surface area contributed by atoms with Gasteiger partial charge in [-0.05, 0) is 30.9 Å². The highest BCUT2D eigenvalue weighted by molar-refractivity contribution is 5.96. The van der Waals surface area contributed by atoms with Gasteiger partial charge >= 0.3 is 5.97 Å². The second kappa shape index (κ2) is 6.47. The Hall–Kier alpha value is -2.62. The van der Waals surface area contributed by atoms with E-state index in [9.17, 15) is 9.59 Å². The minimum atomic E-state index is -1.08. The molecule has 2 aromatic carbocycles. The van der Waals surface area contributed by atoms with E-state index < -0.39 is 16.4 Å². The number of hydrogen-bond acceptors (Lipinski definition) is 3. The van der Waals surface area contributed by atoms with Crippen LogP contribution in [0.1, 0.15) is 44.7 Å². The lowest BCUT2D eigenvalue weighted by atomic mass is 9.66. The van der Waals surface area contributed by atoms with Crippen molar-refractivity contribution in [3.8, 4) is 0 Å². The van der Waals surface area contributed by atoms with Crippen molar-refractivity contribution in [2.75, 3.05) is 0 Å². The van der Waals surface area contributed by atoms with Crippen LogP contribution in [0.25, 0.3) is 0 Å². The molecule has 146 valence electrons. The summed E-state index contributed by atoms with van der Waals surface area (Å²) in [5, 5.41) is 0. The van der Waals surface area contributed by atoms with Gasteiger partial charge in [-0.3, -0.25) is 9.59 Å². The van der Waals surface area contributed by atoms with Crippen LogP contribution in [-0.2, 0) is 27.4 Å². The van der Waals surface area contributed by atoms with Crippen LogP contribution >= 0.6 is 0 Å². The molecule has 0 aromatic heterocycles. The smallest absolute Gasteiger partial charge is 0.313 e. The van der Waals surface area contributed by atoms with Crippen LogP contribution in [0.2, 0.25) is 0 Å². The zero-order valence-electron chi connectivity index (χ0n) is 16.8. The van der Waals surface area contributed by atoms with Gasteiger partial charge in [0.25, 0.3) is 5.91 Å². The summed E-state index contributed by atoms with van der Waals surface area (Å²) in [5.74, 6) is -0.323. The normalized spacial score (nSPS) is 27.5. The number of carbonyl (C=O) groups is 2. The van der Waals surface area contributed by atoms with Gasteiger partial charge in [-0.15, -0.1) is 0 Å². The highest BCUT2D eigenvalue weighted by Crippen LogP contribution is 2.66. The fourth-order valence-electron chi connectivity index (χ4n) is 4.78. The highest BCUT2D eigenvalue weighted by Gasteiger charge is 2.76. The van der Waals surface area contributed by atoms with E-state index in [1.165, 1.54) is 0 Å². The van der Waals surface area contributed by atoms with Gasteiger partial charge in [0.15, 0.2) is 5.60 Å². The lowest BCUT2D eigenvalue weighted by molar-refractivity contribution is -0.174. The first-order chi connectivity index (χ1) is 13.3. The predicted octanol–water partition coefficient (Wildman–Crippen LogP) is 4.34. The number of nitrogens with zero attached hydrogens (tertiary/aromatic N) is 1. The molecule has 1 aliphatic heterocycles. The quantitative estimate of drug-likeness (QED) is 0.729. The first kappa shape index (κ1) is 18.7. The Morgan fingerprint density at radius 1 is 0.893 bits per heavy atom. The zero-order valence-corrected chi connectivity index (χ0v) is 16.8. The summed E-state index contributed by atoms with van der Waals surface area (Å²) < 4.78 is 5.85. The maximum atomic E-state index is 13.9. The van der Waals surface area contributed by atoms with Crippen LogP contribution in [0, 0.1) is 10.8 Å². The van der Waals surface area contributed by atoms with Gasteiger partial charge in [0.2, 0.25) is 0 Å². The molecule has 4 rings (SSSR count). The summed E-state index contributed by atoms with van der Waals surface area (Å²) >= 11 is 0. The van der Waals surface area contributed by atoms with Crippen molar-refractivity contribution in [1.29, 1.82) is 0 Å². The van der Waals surface area contributed by atoms with Crippen molar-refractivity contribution < 1.29 is 14.3 Å². The van der Waals surface area contributed by atoms with Gasteiger partial charge < -0.3 is 9.64 Å². The van der Waals surface area contributed by atoms with Crippen molar-refractivity contribution in [2.24, 2.45) is 10.8 Å². The number of amides is 1. The minimum absolute atomic E-state index is 0.0835. The monoisotopic (exact) mass is 377 g/mol. The maximum absolute atomic E-state index is 13.9. The van der Waals surface area contributed by atoms with Crippen molar-refractivity contribution in [3.63, 3.8) is 0 Å². The van der Waals surface area contributed by atoms with Gasteiger partial charge in [-0.25, -0.2) is 0 Å². The molecular weight excluding hydrogens is 350 g/mol. The van der Waals surface area contributed by atoms with E-state index in [4.69, 9.17) is 4.74 Å². The van der Waals surface area contributed by atoms with Crippen LogP contribution in [-0.4, -0.2) is 22.4 Å². The second-order valence-corrected chi connectivity index (χ2v) is 8.81. The van der Waals surface area contributed by atoms with Crippen LogP contribution in [0.3, 0.4) is 0 Å². The van der Waals surface area contributed by atoms with E-state index in [-0.39, 0.29) is 11.9 Å². The lowest BCUT2D eigenvalue weighted by Gasteiger charge is -2.39. The van der Waals surface area contributed by atoms with Crippen LogP contribution < -0.4 is 0 Å². The van der Waals surface area contributed by atoms with E-state index in [0.29, 0.717) is 25.9 Å². The molecule has 4 heteroatoms. The summed E-state index contributed by atoms with van der Waals surface area (Å²) in [7, 11) is 0. The molecule has 2 bridgehead atoms. The van der Waals surface area contributed by atoms with Gasteiger partial charge in [0.05, 0.1) is 5.41 Å². The molecule has 1 heterocycles. The molecule has 4 nitrogen and oxygen atoms in total. The number of benzene rings is 2. The van der Waals surface area contributed by atoms with Crippen molar-refractivity contribution in [2.45, 2.75) is 52.3 Å². The Morgan fingerprint density at radius 3 is 1.79 bits per heavy atom. The highest BCUT2D eigenvalue weighted by atomic mass is 16.6. The average molecular weight is 377 g/mol.